The molecule has 2 aromatic carbocycles. The molecule has 0 aliphatic heterocycles. The van der Waals surface area contributed by atoms with Gasteiger partial charge in [-0.05, 0) is 36.4 Å². The number of carbonyl (C=O) groups excluding carboxylic acids is 1. The number of rotatable bonds is 5. The Bertz CT molecular complexity index is 884. The average molecular weight is 399 g/mol. The van der Waals surface area contributed by atoms with Crippen molar-refractivity contribution in [3.63, 3.8) is 0 Å². The summed E-state index contributed by atoms with van der Waals surface area (Å²) in [6.45, 7) is -0.198. The molecule has 3 aromatic rings. The van der Waals surface area contributed by atoms with Crippen LogP contribution in [0.5, 0.6) is 5.75 Å². The van der Waals surface area contributed by atoms with Crippen LogP contribution in [0.3, 0.4) is 0 Å². The van der Waals surface area contributed by atoms with E-state index in [0.29, 0.717) is 27.4 Å². The average Bonchev–Trinajstić information content (AvgIpc) is 3.13. The number of hydrogen-bond acceptors (Lipinski definition) is 5. The second kappa shape index (κ2) is 7.74. The van der Waals surface area contributed by atoms with E-state index in [0.717, 1.165) is 5.56 Å². The minimum atomic E-state index is -0.388. The lowest BCUT2D eigenvalue weighted by atomic mass is 10.2. The van der Waals surface area contributed by atoms with Crippen LogP contribution < -0.4 is 10.1 Å². The highest BCUT2D eigenvalue weighted by Gasteiger charge is 2.10. The zero-order chi connectivity index (χ0) is 17.8. The Morgan fingerprint density at radius 1 is 1.08 bits per heavy atom. The quantitative estimate of drug-likeness (QED) is 0.630. The van der Waals surface area contributed by atoms with Crippen LogP contribution in [0.25, 0.3) is 11.5 Å². The minimum Gasteiger partial charge on any atom is -0.484 e. The fourth-order valence-electron chi connectivity index (χ4n) is 1.95. The highest BCUT2D eigenvalue weighted by Crippen LogP contribution is 2.32. The molecule has 1 aromatic heterocycles. The fourth-order valence-corrected chi connectivity index (χ4v) is 2.54. The molecule has 0 saturated carbocycles. The molecule has 1 amide bonds. The van der Waals surface area contributed by atoms with E-state index < -0.39 is 0 Å². The summed E-state index contributed by atoms with van der Waals surface area (Å²) in [5, 5.41) is 10.9. The Morgan fingerprint density at radius 2 is 1.80 bits per heavy atom. The Morgan fingerprint density at radius 3 is 2.48 bits per heavy atom. The monoisotopic (exact) mass is 397 g/mol. The number of benzene rings is 2. The number of anilines is 1. The van der Waals surface area contributed by atoms with Crippen LogP contribution >= 0.6 is 34.8 Å². The summed E-state index contributed by atoms with van der Waals surface area (Å²) in [6.07, 6.45) is 1.25. The molecule has 0 aliphatic carbocycles. The maximum absolute atomic E-state index is 12.0. The van der Waals surface area contributed by atoms with E-state index in [4.69, 9.17) is 44.0 Å². The molecular weight excluding hydrogens is 389 g/mol. The Hall–Kier alpha value is -2.28. The highest BCUT2D eigenvalue weighted by atomic mass is 35.5. The molecule has 9 heteroatoms. The van der Waals surface area contributed by atoms with Crippen molar-refractivity contribution in [3.05, 3.63) is 57.9 Å². The van der Waals surface area contributed by atoms with Crippen molar-refractivity contribution in [1.29, 1.82) is 0 Å². The fraction of sp³-hybridized carbons (Fsp3) is 0.0625. The van der Waals surface area contributed by atoms with Gasteiger partial charge in [-0.2, -0.15) is 0 Å². The smallest absolute Gasteiger partial charge is 0.262 e. The SMILES string of the molecule is O=C(COc1ccc(-c2nnco2)cc1)Nc1cc(Cl)c(Cl)cc1Cl. The van der Waals surface area contributed by atoms with Gasteiger partial charge in [0.2, 0.25) is 12.3 Å². The van der Waals surface area contributed by atoms with Crippen LogP contribution in [-0.4, -0.2) is 22.7 Å². The van der Waals surface area contributed by atoms with Crippen molar-refractivity contribution in [2.45, 2.75) is 0 Å². The molecule has 0 bridgehead atoms. The molecule has 1 heterocycles. The number of aromatic nitrogens is 2. The molecule has 3 rings (SSSR count). The molecule has 0 spiro atoms. The van der Waals surface area contributed by atoms with E-state index in [1.165, 1.54) is 18.5 Å². The van der Waals surface area contributed by atoms with Crippen LogP contribution in [0.4, 0.5) is 5.69 Å². The summed E-state index contributed by atoms with van der Waals surface area (Å²) in [5.41, 5.74) is 1.10. The van der Waals surface area contributed by atoms with Crippen molar-refractivity contribution >= 4 is 46.4 Å². The summed E-state index contributed by atoms with van der Waals surface area (Å²) >= 11 is 17.8. The lowest BCUT2D eigenvalue weighted by Gasteiger charge is -2.10. The minimum absolute atomic E-state index is 0.198. The van der Waals surface area contributed by atoms with Crippen LogP contribution in [0, 0.1) is 0 Å². The predicted molar refractivity (Wildman–Crippen MR) is 95.3 cm³/mol. The Labute approximate surface area is 157 Å². The topological polar surface area (TPSA) is 77.2 Å². The Kier molecular flexibility index (Phi) is 5.43. The molecule has 0 atom stereocenters. The number of nitrogens with one attached hydrogen (secondary N) is 1. The lowest BCUT2D eigenvalue weighted by Crippen LogP contribution is -2.20. The van der Waals surface area contributed by atoms with Crippen molar-refractivity contribution < 1.29 is 13.9 Å². The predicted octanol–water partition coefficient (Wildman–Crippen LogP) is 4.71. The third-order valence-electron chi connectivity index (χ3n) is 3.12. The normalized spacial score (nSPS) is 10.5. The number of carbonyl (C=O) groups is 1. The van der Waals surface area contributed by atoms with Gasteiger partial charge in [0, 0.05) is 5.56 Å². The number of ether oxygens (including phenoxy) is 1. The number of amides is 1. The molecule has 0 aliphatic rings. The molecule has 25 heavy (non-hydrogen) atoms. The van der Waals surface area contributed by atoms with E-state index in [-0.39, 0.29) is 17.5 Å². The summed E-state index contributed by atoms with van der Waals surface area (Å²) in [6, 6.07) is 9.81. The second-order valence-corrected chi connectivity index (χ2v) is 6.07. The first-order valence-electron chi connectivity index (χ1n) is 6.97. The van der Waals surface area contributed by atoms with E-state index in [1.54, 1.807) is 24.3 Å². The molecule has 1 N–H and O–H groups in total. The highest BCUT2D eigenvalue weighted by molar-refractivity contribution is 6.44. The van der Waals surface area contributed by atoms with Gasteiger partial charge in [0.15, 0.2) is 6.61 Å². The number of halogens is 3. The van der Waals surface area contributed by atoms with E-state index >= 15 is 0 Å². The molecule has 0 radical (unpaired) electrons. The zero-order valence-corrected chi connectivity index (χ0v) is 14.8. The first-order chi connectivity index (χ1) is 12.0. The van der Waals surface area contributed by atoms with Gasteiger partial charge in [-0.3, -0.25) is 4.79 Å². The maximum Gasteiger partial charge on any atom is 0.262 e. The molecule has 128 valence electrons. The van der Waals surface area contributed by atoms with Gasteiger partial charge in [0.25, 0.3) is 5.91 Å². The van der Waals surface area contributed by atoms with Gasteiger partial charge in [-0.25, -0.2) is 0 Å². The first-order valence-corrected chi connectivity index (χ1v) is 8.10. The molecule has 0 unspecified atom stereocenters. The van der Waals surface area contributed by atoms with Crippen LogP contribution in [-0.2, 0) is 4.79 Å². The number of hydrogen-bond donors (Lipinski definition) is 1. The van der Waals surface area contributed by atoms with Crippen molar-refractivity contribution in [2.75, 3.05) is 11.9 Å². The Balaban J connectivity index is 1.58. The van der Waals surface area contributed by atoms with Gasteiger partial charge >= 0.3 is 0 Å². The van der Waals surface area contributed by atoms with Gasteiger partial charge in [0.1, 0.15) is 5.75 Å². The van der Waals surface area contributed by atoms with Crippen LogP contribution in [0.1, 0.15) is 0 Å². The van der Waals surface area contributed by atoms with Crippen LogP contribution in [0.15, 0.2) is 47.2 Å². The van der Waals surface area contributed by atoms with Crippen molar-refractivity contribution in [3.8, 4) is 17.2 Å². The second-order valence-electron chi connectivity index (χ2n) is 4.85. The first kappa shape index (κ1) is 17.5. The zero-order valence-electron chi connectivity index (χ0n) is 12.5. The van der Waals surface area contributed by atoms with Gasteiger partial charge in [-0.1, -0.05) is 34.8 Å². The van der Waals surface area contributed by atoms with Gasteiger partial charge in [-0.15, -0.1) is 10.2 Å². The van der Waals surface area contributed by atoms with Gasteiger partial charge in [0.05, 0.1) is 20.8 Å². The van der Waals surface area contributed by atoms with E-state index in [9.17, 15) is 4.79 Å². The molecule has 0 fully saturated rings. The maximum atomic E-state index is 12.0. The summed E-state index contributed by atoms with van der Waals surface area (Å²) in [5.74, 6) is 0.526. The van der Waals surface area contributed by atoms with E-state index in [1.807, 2.05) is 0 Å². The van der Waals surface area contributed by atoms with Crippen molar-refractivity contribution in [2.24, 2.45) is 0 Å². The van der Waals surface area contributed by atoms with Crippen LogP contribution in [0.2, 0.25) is 15.1 Å². The van der Waals surface area contributed by atoms with Gasteiger partial charge < -0.3 is 14.5 Å². The summed E-state index contributed by atoms with van der Waals surface area (Å²) in [4.78, 5) is 12.0. The third-order valence-corrected chi connectivity index (χ3v) is 4.15. The summed E-state index contributed by atoms with van der Waals surface area (Å²) in [7, 11) is 0. The van der Waals surface area contributed by atoms with E-state index in [2.05, 4.69) is 15.5 Å². The summed E-state index contributed by atoms with van der Waals surface area (Å²) < 4.78 is 10.5. The third kappa shape index (κ3) is 4.42. The molecular formula is C16H10Cl3N3O3. The molecule has 6 nitrogen and oxygen atoms in total. The standard InChI is InChI=1S/C16H10Cl3N3O3/c17-11-5-13(19)14(6-12(11)18)21-15(23)7-24-10-3-1-9(2-4-10)16-22-20-8-25-16/h1-6,8H,7H2,(H,21,23). The van der Waals surface area contributed by atoms with Crippen molar-refractivity contribution in [1.82, 2.24) is 10.2 Å². The lowest BCUT2D eigenvalue weighted by molar-refractivity contribution is -0.118. The largest absolute Gasteiger partial charge is 0.484 e. The number of nitrogens with zero attached hydrogens (tertiary/aromatic N) is 2. The molecule has 0 saturated heterocycles.